The Morgan fingerprint density at radius 3 is 2.78 bits per heavy atom. The van der Waals surface area contributed by atoms with Crippen LogP contribution in [0.3, 0.4) is 0 Å². The van der Waals surface area contributed by atoms with Crippen LogP contribution in [0.25, 0.3) is 5.69 Å². The third kappa shape index (κ3) is 3.12. The predicted octanol–water partition coefficient (Wildman–Crippen LogP) is 3.33. The largest absolute Gasteiger partial charge is 0.310 e. The van der Waals surface area contributed by atoms with Gasteiger partial charge in [0.05, 0.1) is 16.9 Å². The SMILES string of the molecule is Cc1ccc(-n2cc(Cl)cn2)c(CNC(C)C)c1. The second-order valence-electron chi connectivity index (χ2n) is 4.77. The van der Waals surface area contributed by atoms with Crippen LogP contribution in [0.5, 0.6) is 0 Å². The number of aromatic nitrogens is 2. The van der Waals surface area contributed by atoms with Crippen molar-refractivity contribution in [3.05, 3.63) is 46.7 Å². The smallest absolute Gasteiger partial charge is 0.0790 e. The van der Waals surface area contributed by atoms with Crippen LogP contribution in [0, 0.1) is 6.92 Å². The highest BCUT2D eigenvalue weighted by Crippen LogP contribution is 2.18. The normalized spacial score (nSPS) is 11.2. The zero-order valence-electron chi connectivity index (χ0n) is 10.9. The van der Waals surface area contributed by atoms with Gasteiger partial charge < -0.3 is 5.32 Å². The zero-order valence-corrected chi connectivity index (χ0v) is 11.7. The van der Waals surface area contributed by atoms with E-state index in [2.05, 4.69) is 49.4 Å². The van der Waals surface area contributed by atoms with Gasteiger partial charge in [-0.05, 0) is 18.6 Å². The minimum Gasteiger partial charge on any atom is -0.310 e. The van der Waals surface area contributed by atoms with Gasteiger partial charge in [-0.1, -0.05) is 43.1 Å². The van der Waals surface area contributed by atoms with E-state index in [1.165, 1.54) is 11.1 Å². The molecule has 0 atom stereocenters. The molecule has 0 spiro atoms. The van der Waals surface area contributed by atoms with Gasteiger partial charge in [-0.3, -0.25) is 0 Å². The number of benzene rings is 1. The van der Waals surface area contributed by atoms with Crippen molar-refractivity contribution in [2.45, 2.75) is 33.4 Å². The quantitative estimate of drug-likeness (QED) is 0.917. The van der Waals surface area contributed by atoms with Crippen LogP contribution >= 0.6 is 11.6 Å². The molecular weight excluding hydrogens is 246 g/mol. The van der Waals surface area contributed by atoms with Crippen LogP contribution in [0.4, 0.5) is 0 Å². The van der Waals surface area contributed by atoms with E-state index in [0.717, 1.165) is 12.2 Å². The molecule has 1 aromatic carbocycles. The molecule has 1 heterocycles. The molecule has 0 aliphatic carbocycles. The maximum atomic E-state index is 5.92. The first-order valence-corrected chi connectivity index (χ1v) is 6.47. The summed E-state index contributed by atoms with van der Waals surface area (Å²) >= 11 is 5.92. The number of aryl methyl sites for hydroxylation is 1. The predicted molar refractivity (Wildman–Crippen MR) is 75.3 cm³/mol. The molecule has 0 saturated heterocycles. The molecule has 96 valence electrons. The van der Waals surface area contributed by atoms with E-state index in [9.17, 15) is 0 Å². The van der Waals surface area contributed by atoms with E-state index >= 15 is 0 Å². The molecule has 0 saturated carbocycles. The number of nitrogens with one attached hydrogen (secondary N) is 1. The summed E-state index contributed by atoms with van der Waals surface area (Å²) in [4.78, 5) is 0. The second-order valence-corrected chi connectivity index (χ2v) is 5.21. The van der Waals surface area contributed by atoms with Gasteiger partial charge >= 0.3 is 0 Å². The van der Waals surface area contributed by atoms with Crippen LogP contribution in [0.1, 0.15) is 25.0 Å². The molecule has 1 aromatic heterocycles. The van der Waals surface area contributed by atoms with Crippen molar-refractivity contribution in [1.82, 2.24) is 15.1 Å². The van der Waals surface area contributed by atoms with Gasteiger partial charge in [-0.25, -0.2) is 4.68 Å². The Morgan fingerprint density at radius 1 is 1.39 bits per heavy atom. The van der Waals surface area contributed by atoms with Crippen molar-refractivity contribution in [1.29, 1.82) is 0 Å². The zero-order chi connectivity index (χ0) is 13.1. The van der Waals surface area contributed by atoms with Gasteiger partial charge in [0, 0.05) is 18.8 Å². The molecular formula is C14H18ClN3. The standard InChI is InChI=1S/C14H18ClN3/c1-10(2)16-7-12-6-11(3)4-5-14(12)18-9-13(15)8-17-18/h4-6,8-10,16H,7H2,1-3H3. The molecule has 1 N–H and O–H groups in total. The molecule has 0 aliphatic rings. The van der Waals surface area contributed by atoms with E-state index < -0.39 is 0 Å². The monoisotopic (exact) mass is 263 g/mol. The molecule has 4 heteroatoms. The molecule has 0 bridgehead atoms. The summed E-state index contributed by atoms with van der Waals surface area (Å²) in [5.74, 6) is 0. The summed E-state index contributed by atoms with van der Waals surface area (Å²) in [6, 6.07) is 6.81. The Bertz CT molecular complexity index is 532. The van der Waals surface area contributed by atoms with Crippen LogP contribution in [-0.2, 0) is 6.54 Å². The second kappa shape index (κ2) is 5.55. The first kappa shape index (κ1) is 13.1. The van der Waals surface area contributed by atoms with Gasteiger partial charge in [0.25, 0.3) is 0 Å². The summed E-state index contributed by atoms with van der Waals surface area (Å²) < 4.78 is 1.82. The maximum Gasteiger partial charge on any atom is 0.0790 e. The van der Waals surface area contributed by atoms with Gasteiger partial charge in [0.1, 0.15) is 0 Å². The van der Waals surface area contributed by atoms with Crippen LogP contribution in [0.15, 0.2) is 30.6 Å². The average Bonchev–Trinajstić information content (AvgIpc) is 2.73. The molecule has 18 heavy (non-hydrogen) atoms. The minimum absolute atomic E-state index is 0.458. The lowest BCUT2D eigenvalue weighted by Gasteiger charge is -2.13. The third-order valence-electron chi connectivity index (χ3n) is 2.73. The van der Waals surface area contributed by atoms with E-state index in [-0.39, 0.29) is 0 Å². The Labute approximate surface area is 113 Å². The Hall–Kier alpha value is -1.32. The highest BCUT2D eigenvalue weighted by Gasteiger charge is 2.07. The molecule has 2 aromatic rings. The first-order chi connectivity index (χ1) is 8.56. The highest BCUT2D eigenvalue weighted by molar-refractivity contribution is 6.30. The lowest BCUT2D eigenvalue weighted by Crippen LogP contribution is -2.22. The maximum absolute atomic E-state index is 5.92. The van der Waals surface area contributed by atoms with Crippen molar-refractivity contribution in [2.24, 2.45) is 0 Å². The van der Waals surface area contributed by atoms with Crippen molar-refractivity contribution < 1.29 is 0 Å². The van der Waals surface area contributed by atoms with E-state index in [1.807, 2.05) is 10.9 Å². The Kier molecular flexibility index (Phi) is 4.04. The number of hydrogen-bond donors (Lipinski definition) is 1. The molecule has 0 aliphatic heterocycles. The Morgan fingerprint density at radius 2 is 2.17 bits per heavy atom. The first-order valence-electron chi connectivity index (χ1n) is 6.09. The molecule has 3 nitrogen and oxygen atoms in total. The van der Waals surface area contributed by atoms with E-state index in [1.54, 1.807) is 6.20 Å². The van der Waals surface area contributed by atoms with Crippen molar-refractivity contribution in [3.63, 3.8) is 0 Å². The van der Waals surface area contributed by atoms with Crippen molar-refractivity contribution in [2.75, 3.05) is 0 Å². The summed E-state index contributed by atoms with van der Waals surface area (Å²) in [5.41, 5.74) is 3.54. The molecule has 0 unspecified atom stereocenters. The summed E-state index contributed by atoms with van der Waals surface area (Å²) in [7, 11) is 0. The molecule has 2 rings (SSSR count). The van der Waals surface area contributed by atoms with Crippen molar-refractivity contribution >= 4 is 11.6 Å². The van der Waals surface area contributed by atoms with E-state index in [4.69, 9.17) is 11.6 Å². The summed E-state index contributed by atoms with van der Waals surface area (Å²) in [6.45, 7) is 7.20. The molecule has 0 amide bonds. The Balaban J connectivity index is 2.34. The lowest BCUT2D eigenvalue weighted by molar-refractivity contribution is 0.586. The van der Waals surface area contributed by atoms with Gasteiger partial charge in [0.2, 0.25) is 0 Å². The van der Waals surface area contributed by atoms with Crippen LogP contribution in [-0.4, -0.2) is 15.8 Å². The van der Waals surface area contributed by atoms with Crippen LogP contribution in [0.2, 0.25) is 5.02 Å². The third-order valence-corrected chi connectivity index (χ3v) is 2.93. The van der Waals surface area contributed by atoms with E-state index in [0.29, 0.717) is 11.1 Å². The number of rotatable bonds is 4. The van der Waals surface area contributed by atoms with Gasteiger partial charge in [-0.2, -0.15) is 5.10 Å². The lowest BCUT2D eigenvalue weighted by atomic mass is 10.1. The fourth-order valence-electron chi connectivity index (χ4n) is 1.83. The number of hydrogen-bond acceptors (Lipinski definition) is 2. The highest BCUT2D eigenvalue weighted by atomic mass is 35.5. The van der Waals surface area contributed by atoms with Gasteiger partial charge in [0.15, 0.2) is 0 Å². The fraction of sp³-hybridized carbons (Fsp3) is 0.357. The van der Waals surface area contributed by atoms with Gasteiger partial charge in [-0.15, -0.1) is 0 Å². The number of nitrogens with zero attached hydrogens (tertiary/aromatic N) is 2. The molecule has 0 radical (unpaired) electrons. The van der Waals surface area contributed by atoms with Crippen molar-refractivity contribution in [3.8, 4) is 5.69 Å². The summed E-state index contributed by atoms with van der Waals surface area (Å²) in [6.07, 6.45) is 3.48. The summed E-state index contributed by atoms with van der Waals surface area (Å²) in [5, 5.41) is 8.34. The molecule has 0 fully saturated rings. The average molecular weight is 264 g/mol. The van der Waals surface area contributed by atoms with Crippen LogP contribution < -0.4 is 5.32 Å². The fourth-order valence-corrected chi connectivity index (χ4v) is 1.96. The topological polar surface area (TPSA) is 29.9 Å². The number of halogens is 1. The minimum atomic E-state index is 0.458.